The third-order valence-corrected chi connectivity index (χ3v) is 7.24. The number of benzene rings is 4. The Morgan fingerprint density at radius 3 is 2.24 bits per heavy atom. The molecule has 4 nitrogen and oxygen atoms in total. The molecule has 186 valence electrons. The van der Waals surface area contributed by atoms with Crippen LogP contribution >= 0.6 is 11.6 Å². The van der Waals surface area contributed by atoms with Crippen molar-refractivity contribution >= 4 is 45.5 Å². The number of aryl methyl sites for hydroxylation is 1. The van der Waals surface area contributed by atoms with Gasteiger partial charge >= 0.3 is 0 Å². The Bertz CT molecular complexity index is 1570. The van der Waals surface area contributed by atoms with Crippen molar-refractivity contribution in [1.29, 1.82) is 0 Å². The van der Waals surface area contributed by atoms with Crippen LogP contribution in [-0.2, 0) is 15.0 Å². The molecule has 1 aliphatic heterocycles. The van der Waals surface area contributed by atoms with Crippen LogP contribution in [0.3, 0.4) is 0 Å². The Morgan fingerprint density at radius 1 is 0.892 bits per heavy atom. The second-order valence-electron chi connectivity index (χ2n) is 10.5. The zero-order chi connectivity index (χ0) is 26.5. The van der Waals surface area contributed by atoms with E-state index in [1.54, 1.807) is 24.3 Å². The van der Waals surface area contributed by atoms with Crippen LogP contribution in [0.5, 0.6) is 0 Å². The number of aliphatic hydroxyl groups excluding tert-OH is 1. The molecule has 37 heavy (non-hydrogen) atoms. The van der Waals surface area contributed by atoms with Gasteiger partial charge in [0.15, 0.2) is 0 Å². The fourth-order valence-corrected chi connectivity index (χ4v) is 5.25. The quantitative estimate of drug-likeness (QED) is 0.175. The predicted octanol–water partition coefficient (Wildman–Crippen LogP) is 7.73. The average Bonchev–Trinajstić information content (AvgIpc) is 3.13. The largest absolute Gasteiger partial charge is 0.507 e. The van der Waals surface area contributed by atoms with Crippen molar-refractivity contribution in [2.45, 2.75) is 39.2 Å². The van der Waals surface area contributed by atoms with Gasteiger partial charge in [-0.2, -0.15) is 0 Å². The standard InChI is InChI=1S/C32H28ClNO3/c1-19-18-23(33)16-17-26(19)34-28(21-12-14-22(15-13-21)32(2,3)4)27(30(36)31(34)37)29(35)25-11-7-9-20-8-5-6-10-24(20)25/h5-18,28,35H,1-4H3/b29-27-. The van der Waals surface area contributed by atoms with E-state index < -0.39 is 17.7 Å². The van der Waals surface area contributed by atoms with Crippen LogP contribution in [0, 0.1) is 6.92 Å². The number of fused-ring (bicyclic) bond motifs is 1. The monoisotopic (exact) mass is 509 g/mol. The number of halogens is 1. The maximum absolute atomic E-state index is 13.6. The molecule has 1 unspecified atom stereocenters. The van der Waals surface area contributed by atoms with Crippen LogP contribution in [-0.4, -0.2) is 16.8 Å². The normalized spacial score (nSPS) is 17.5. The van der Waals surface area contributed by atoms with Gasteiger partial charge < -0.3 is 5.11 Å². The molecule has 1 amide bonds. The highest BCUT2D eigenvalue weighted by Gasteiger charge is 2.47. The molecule has 5 rings (SSSR count). The first-order valence-corrected chi connectivity index (χ1v) is 12.6. The first kappa shape index (κ1) is 24.8. The minimum Gasteiger partial charge on any atom is -0.507 e. The van der Waals surface area contributed by atoms with E-state index in [2.05, 4.69) is 20.8 Å². The third-order valence-electron chi connectivity index (χ3n) is 7.00. The fourth-order valence-electron chi connectivity index (χ4n) is 5.03. The molecule has 4 aromatic carbocycles. The first-order valence-electron chi connectivity index (χ1n) is 12.2. The number of nitrogens with zero attached hydrogens (tertiary/aromatic N) is 1. The molecule has 1 aliphatic rings. The van der Waals surface area contributed by atoms with Crippen molar-refractivity contribution < 1.29 is 14.7 Å². The van der Waals surface area contributed by atoms with E-state index in [0.717, 1.165) is 27.5 Å². The van der Waals surface area contributed by atoms with Gasteiger partial charge in [-0.15, -0.1) is 0 Å². The number of amides is 1. The molecule has 0 aliphatic carbocycles. The van der Waals surface area contributed by atoms with Crippen LogP contribution < -0.4 is 4.90 Å². The SMILES string of the molecule is Cc1cc(Cl)ccc1N1C(=O)C(=O)/C(=C(\O)c2cccc3ccccc23)C1c1ccc(C(C)(C)C)cc1. The molecule has 1 N–H and O–H groups in total. The number of hydrogen-bond donors (Lipinski definition) is 1. The summed E-state index contributed by atoms with van der Waals surface area (Å²) >= 11 is 6.20. The minimum absolute atomic E-state index is 0.0595. The number of rotatable bonds is 3. The molecule has 0 bridgehead atoms. The van der Waals surface area contributed by atoms with E-state index in [4.69, 9.17) is 11.6 Å². The minimum atomic E-state index is -0.798. The van der Waals surface area contributed by atoms with E-state index in [-0.39, 0.29) is 16.7 Å². The van der Waals surface area contributed by atoms with Crippen molar-refractivity contribution in [3.05, 3.63) is 118 Å². The van der Waals surface area contributed by atoms with E-state index in [0.29, 0.717) is 16.3 Å². The molecular formula is C32H28ClNO3. The topological polar surface area (TPSA) is 57.6 Å². The maximum Gasteiger partial charge on any atom is 0.300 e. The molecule has 1 fully saturated rings. The molecule has 0 radical (unpaired) electrons. The van der Waals surface area contributed by atoms with Crippen molar-refractivity contribution in [2.24, 2.45) is 0 Å². The van der Waals surface area contributed by atoms with Crippen molar-refractivity contribution in [2.75, 3.05) is 4.90 Å². The molecule has 1 atom stereocenters. The van der Waals surface area contributed by atoms with Crippen molar-refractivity contribution in [3.8, 4) is 0 Å². The third kappa shape index (κ3) is 4.32. The molecule has 1 saturated heterocycles. The molecule has 0 aromatic heterocycles. The van der Waals surface area contributed by atoms with Gasteiger partial charge in [0.25, 0.3) is 11.7 Å². The fraction of sp³-hybridized carbons (Fsp3) is 0.188. The van der Waals surface area contributed by atoms with Gasteiger partial charge in [-0.25, -0.2) is 0 Å². The van der Waals surface area contributed by atoms with Crippen molar-refractivity contribution in [3.63, 3.8) is 0 Å². The number of carbonyl (C=O) groups is 2. The average molecular weight is 510 g/mol. The summed E-state index contributed by atoms with van der Waals surface area (Å²) in [6.45, 7) is 8.24. The highest BCUT2D eigenvalue weighted by molar-refractivity contribution is 6.52. The predicted molar refractivity (Wildman–Crippen MR) is 150 cm³/mol. The lowest BCUT2D eigenvalue weighted by atomic mass is 9.85. The summed E-state index contributed by atoms with van der Waals surface area (Å²) in [5.41, 5.74) is 3.73. The molecular weight excluding hydrogens is 482 g/mol. The zero-order valence-electron chi connectivity index (χ0n) is 21.2. The summed E-state index contributed by atoms with van der Waals surface area (Å²) in [6, 6.07) is 25.5. The Balaban J connectivity index is 1.77. The number of carbonyl (C=O) groups excluding carboxylic acids is 2. The molecule has 4 aromatic rings. The lowest BCUT2D eigenvalue weighted by Gasteiger charge is -2.28. The molecule has 5 heteroatoms. The zero-order valence-corrected chi connectivity index (χ0v) is 22.0. The number of anilines is 1. The van der Waals surface area contributed by atoms with Gasteiger partial charge in [-0.05, 0) is 58.0 Å². The van der Waals surface area contributed by atoms with Crippen molar-refractivity contribution in [1.82, 2.24) is 0 Å². The highest BCUT2D eigenvalue weighted by Crippen LogP contribution is 2.44. The Morgan fingerprint density at radius 2 is 1.57 bits per heavy atom. The second kappa shape index (κ2) is 9.20. The second-order valence-corrected chi connectivity index (χ2v) is 10.9. The van der Waals surface area contributed by atoms with Gasteiger partial charge in [0, 0.05) is 16.3 Å². The van der Waals surface area contributed by atoms with Crippen LogP contribution in [0.4, 0.5) is 5.69 Å². The number of Topliss-reactive ketones (excluding diaryl/α,β-unsaturated/α-hetero) is 1. The summed E-state index contributed by atoms with van der Waals surface area (Å²) in [7, 11) is 0. The van der Waals surface area contributed by atoms with Gasteiger partial charge in [-0.3, -0.25) is 14.5 Å². The lowest BCUT2D eigenvalue weighted by molar-refractivity contribution is -0.132. The van der Waals surface area contributed by atoms with Crippen LogP contribution in [0.15, 0.2) is 90.5 Å². The summed E-state index contributed by atoms with van der Waals surface area (Å²) in [5.74, 6) is -1.59. The molecule has 1 heterocycles. The Hall–Kier alpha value is -3.89. The van der Waals surface area contributed by atoms with Gasteiger partial charge in [0.05, 0.1) is 11.6 Å². The maximum atomic E-state index is 13.6. The highest BCUT2D eigenvalue weighted by atomic mass is 35.5. The number of hydrogen-bond acceptors (Lipinski definition) is 3. The van der Waals surface area contributed by atoms with Crippen LogP contribution in [0.2, 0.25) is 5.02 Å². The molecule has 0 saturated carbocycles. The van der Waals surface area contributed by atoms with Crippen LogP contribution in [0.25, 0.3) is 16.5 Å². The summed E-state index contributed by atoms with van der Waals surface area (Å²) < 4.78 is 0. The summed E-state index contributed by atoms with van der Waals surface area (Å²) in [6.07, 6.45) is 0. The van der Waals surface area contributed by atoms with E-state index >= 15 is 0 Å². The first-order chi connectivity index (χ1) is 17.6. The lowest BCUT2D eigenvalue weighted by Crippen LogP contribution is -2.30. The molecule has 0 spiro atoms. The summed E-state index contributed by atoms with van der Waals surface area (Å²) in [4.78, 5) is 28.6. The summed E-state index contributed by atoms with van der Waals surface area (Å²) in [5, 5.41) is 13.9. The van der Waals surface area contributed by atoms with Gasteiger partial charge in [0.2, 0.25) is 0 Å². The number of ketones is 1. The van der Waals surface area contributed by atoms with Crippen LogP contribution in [0.1, 0.15) is 49.1 Å². The van der Waals surface area contributed by atoms with E-state index in [1.165, 1.54) is 4.90 Å². The Labute approximate surface area is 221 Å². The van der Waals surface area contributed by atoms with Gasteiger partial charge in [0.1, 0.15) is 5.76 Å². The van der Waals surface area contributed by atoms with E-state index in [1.807, 2.05) is 67.6 Å². The van der Waals surface area contributed by atoms with E-state index in [9.17, 15) is 14.7 Å². The smallest absolute Gasteiger partial charge is 0.300 e. The van der Waals surface area contributed by atoms with Gasteiger partial charge in [-0.1, -0.05) is 99.1 Å². The number of aliphatic hydroxyl groups is 1. The Kier molecular flexibility index (Phi) is 6.17.